The Balaban J connectivity index is 1.71. The van der Waals surface area contributed by atoms with Crippen LogP contribution in [-0.4, -0.2) is 19.7 Å². The first-order chi connectivity index (χ1) is 7.34. The fraction of sp³-hybridized carbons (Fsp3) is 0.538. The minimum atomic E-state index is 0.815. The number of ether oxygens (including phenoxy) is 1. The first-order valence-electron chi connectivity index (χ1n) is 5.75. The van der Waals surface area contributed by atoms with Crippen LogP contribution in [0.15, 0.2) is 24.3 Å². The Kier molecular flexibility index (Phi) is 3.62. The van der Waals surface area contributed by atoms with Gasteiger partial charge in [-0.15, -0.1) is 0 Å². The standard InChI is InChI=1S/C13H19NO/c1-11-2-4-13(5-3-11)15-9-7-12-6-8-14-10-12/h2-5,12,14H,6-10H2,1H3/t12-/m1/s1. The molecule has 1 heterocycles. The Bertz CT molecular complexity index is 288. The van der Waals surface area contributed by atoms with E-state index in [2.05, 4.69) is 24.4 Å². The van der Waals surface area contributed by atoms with Gasteiger partial charge in [-0.1, -0.05) is 17.7 Å². The van der Waals surface area contributed by atoms with E-state index in [4.69, 9.17) is 4.74 Å². The minimum absolute atomic E-state index is 0.815. The SMILES string of the molecule is Cc1ccc(OCC[C@H]2CCNC2)cc1. The molecule has 1 fully saturated rings. The van der Waals surface area contributed by atoms with Crippen LogP contribution in [-0.2, 0) is 0 Å². The van der Waals surface area contributed by atoms with Gasteiger partial charge in [-0.25, -0.2) is 0 Å². The van der Waals surface area contributed by atoms with Crippen molar-refractivity contribution in [3.05, 3.63) is 29.8 Å². The highest BCUT2D eigenvalue weighted by Gasteiger charge is 2.13. The average Bonchev–Trinajstić information content (AvgIpc) is 2.74. The molecule has 0 unspecified atom stereocenters. The average molecular weight is 205 g/mol. The van der Waals surface area contributed by atoms with E-state index in [0.717, 1.165) is 24.8 Å². The molecule has 82 valence electrons. The summed E-state index contributed by atoms with van der Waals surface area (Å²) in [7, 11) is 0. The Hall–Kier alpha value is -1.02. The molecule has 1 aromatic carbocycles. The van der Waals surface area contributed by atoms with Crippen molar-refractivity contribution in [2.45, 2.75) is 19.8 Å². The lowest BCUT2D eigenvalue weighted by molar-refractivity contribution is 0.283. The maximum absolute atomic E-state index is 5.70. The van der Waals surface area contributed by atoms with Crippen LogP contribution in [0.4, 0.5) is 0 Å². The molecule has 1 aliphatic heterocycles. The molecule has 1 aromatic rings. The van der Waals surface area contributed by atoms with E-state index in [1.165, 1.54) is 24.9 Å². The fourth-order valence-corrected chi connectivity index (χ4v) is 1.94. The van der Waals surface area contributed by atoms with E-state index >= 15 is 0 Å². The summed E-state index contributed by atoms with van der Waals surface area (Å²) in [6, 6.07) is 8.27. The molecule has 2 heteroatoms. The molecule has 0 radical (unpaired) electrons. The summed E-state index contributed by atoms with van der Waals surface area (Å²) in [6.07, 6.45) is 2.47. The third kappa shape index (κ3) is 3.24. The molecule has 1 aliphatic rings. The van der Waals surface area contributed by atoms with Crippen molar-refractivity contribution >= 4 is 0 Å². The van der Waals surface area contributed by atoms with Gasteiger partial charge in [0.15, 0.2) is 0 Å². The van der Waals surface area contributed by atoms with E-state index in [1.807, 2.05) is 12.1 Å². The minimum Gasteiger partial charge on any atom is -0.494 e. The molecule has 0 aromatic heterocycles. The van der Waals surface area contributed by atoms with Crippen LogP contribution in [0.1, 0.15) is 18.4 Å². The third-order valence-electron chi connectivity index (χ3n) is 2.98. The predicted molar refractivity (Wildman–Crippen MR) is 62.3 cm³/mol. The second kappa shape index (κ2) is 5.17. The van der Waals surface area contributed by atoms with E-state index in [-0.39, 0.29) is 0 Å². The van der Waals surface area contributed by atoms with Crippen LogP contribution in [0, 0.1) is 12.8 Å². The highest BCUT2D eigenvalue weighted by Crippen LogP contribution is 2.15. The highest BCUT2D eigenvalue weighted by molar-refractivity contribution is 5.26. The summed E-state index contributed by atoms with van der Waals surface area (Å²) >= 11 is 0. The van der Waals surface area contributed by atoms with Gasteiger partial charge in [-0.3, -0.25) is 0 Å². The molecular formula is C13H19NO. The van der Waals surface area contributed by atoms with Crippen molar-refractivity contribution in [1.29, 1.82) is 0 Å². The first-order valence-corrected chi connectivity index (χ1v) is 5.75. The number of hydrogen-bond donors (Lipinski definition) is 1. The lowest BCUT2D eigenvalue weighted by Crippen LogP contribution is -2.11. The van der Waals surface area contributed by atoms with Crippen LogP contribution in [0.2, 0.25) is 0 Å². The molecule has 1 saturated heterocycles. The topological polar surface area (TPSA) is 21.3 Å². The summed E-state index contributed by atoms with van der Waals surface area (Å²) in [4.78, 5) is 0. The first kappa shape index (κ1) is 10.5. The predicted octanol–water partition coefficient (Wildman–Crippen LogP) is 2.37. The van der Waals surface area contributed by atoms with Gasteiger partial charge in [0.25, 0.3) is 0 Å². The van der Waals surface area contributed by atoms with E-state index in [1.54, 1.807) is 0 Å². The molecule has 1 atom stereocenters. The number of benzene rings is 1. The summed E-state index contributed by atoms with van der Waals surface area (Å²) in [5.74, 6) is 1.81. The van der Waals surface area contributed by atoms with Crippen molar-refractivity contribution in [3.63, 3.8) is 0 Å². The highest BCUT2D eigenvalue weighted by atomic mass is 16.5. The van der Waals surface area contributed by atoms with E-state index in [9.17, 15) is 0 Å². The van der Waals surface area contributed by atoms with Gasteiger partial charge < -0.3 is 10.1 Å². The molecular weight excluding hydrogens is 186 g/mol. The summed E-state index contributed by atoms with van der Waals surface area (Å²) < 4.78 is 5.70. The molecule has 15 heavy (non-hydrogen) atoms. The van der Waals surface area contributed by atoms with Crippen molar-refractivity contribution in [3.8, 4) is 5.75 Å². The van der Waals surface area contributed by atoms with Crippen LogP contribution < -0.4 is 10.1 Å². The zero-order chi connectivity index (χ0) is 10.5. The van der Waals surface area contributed by atoms with Gasteiger partial charge in [0.2, 0.25) is 0 Å². The maximum Gasteiger partial charge on any atom is 0.119 e. The molecule has 0 spiro atoms. The smallest absolute Gasteiger partial charge is 0.119 e. The van der Waals surface area contributed by atoms with Crippen molar-refractivity contribution in [2.24, 2.45) is 5.92 Å². The largest absolute Gasteiger partial charge is 0.494 e. The van der Waals surface area contributed by atoms with Crippen molar-refractivity contribution < 1.29 is 4.74 Å². The van der Waals surface area contributed by atoms with Gasteiger partial charge >= 0.3 is 0 Å². The van der Waals surface area contributed by atoms with Crippen molar-refractivity contribution in [1.82, 2.24) is 5.32 Å². The number of hydrogen-bond acceptors (Lipinski definition) is 2. The van der Waals surface area contributed by atoms with Gasteiger partial charge in [-0.2, -0.15) is 0 Å². The maximum atomic E-state index is 5.70. The zero-order valence-electron chi connectivity index (χ0n) is 9.33. The fourth-order valence-electron chi connectivity index (χ4n) is 1.94. The van der Waals surface area contributed by atoms with Crippen LogP contribution in [0.3, 0.4) is 0 Å². The summed E-state index contributed by atoms with van der Waals surface area (Å²) in [5.41, 5.74) is 1.28. The monoisotopic (exact) mass is 205 g/mol. The number of rotatable bonds is 4. The Morgan fingerprint density at radius 1 is 1.33 bits per heavy atom. The second-order valence-electron chi connectivity index (χ2n) is 4.31. The van der Waals surface area contributed by atoms with Gasteiger partial charge in [-0.05, 0) is 50.9 Å². The van der Waals surface area contributed by atoms with Crippen LogP contribution >= 0.6 is 0 Å². The molecule has 2 nitrogen and oxygen atoms in total. The Morgan fingerprint density at radius 3 is 2.80 bits per heavy atom. The molecule has 1 N–H and O–H groups in total. The second-order valence-corrected chi connectivity index (χ2v) is 4.31. The Labute approximate surface area is 91.6 Å². The van der Waals surface area contributed by atoms with E-state index in [0.29, 0.717) is 0 Å². The quantitative estimate of drug-likeness (QED) is 0.815. The molecule has 0 aliphatic carbocycles. The molecule has 0 bridgehead atoms. The van der Waals surface area contributed by atoms with E-state index < -0.39 is 0 Å². The lowest BCUT2D eigenvalue weighted by atomic mass is 10.1. The number of aryl methyl sites for hydroxylation is 1. The molecule has 0 saturated carbocycles. The van der Waals surface area contributed by atoms with Gasteiger partial charge in [0.1, 0.15) is 5.75 Å². The summed E-state index contributed by atoms with van der Waals surface area (Å²) in [6.45, 7) is 5.27. The summed E-state index contributed by atoms with van der Waals surface area (Å²) in [5, 5.41) is 3.37. The zero-order valence-corrected chi connectivity index (χ0v) is 9.33. The van der Waals surface area contributed by atoms with Crippen LogP contribution in [0.25, 0.3) is 0 Å². The van der Waals surface area contributed by atoms with Gasteiger partial charge in [0.05, 0.1) is 6.61 Å². The van der Waals surface area contributed by atoms with Crippen LogP contribution in [0.5, 0.6) is 5.75 Å². The molecule has 2 rings (SSSR count). The Morgan fingerprint density at radius 2 is 2.13 bits per heavy atom. The lowest BCUT2D eigenvalue weighted by Gasteiger charge is -2.09. The number of nitrogens with one attached hydrogen (secondary N) is 1. The normalized spacial score (nSPS) is 20.5. The third-order valence-corrected chi connectivity index (χ3v) is 2.98. The molecule has 0 amide bonds. The van der Waals surface area contributed by atoms with Crippen molar-refractivity contribution in [2.75, 3.05) is 19.7 Å². The van der Waals surface area contributed by atoms with Gasteiger partial charge in [0, 0.05) is 0 Å².